The van der Waals surface area contributed by atoms with Crippen LogP contribution in [0.5, 0.6) is 0 Å². The molecule has 2 N–H and O–H groups in total. The number of nitriles is 1. The molecule has 1 aliphatic carbocycles. The van der Waals surface area contributed by atoms with Crippen LogP contribution < -0.4 is 10.2 Å². The molecule has 2 aromatic carbocycles. The molecule has 2 aliphatic rings. The summed E-state index contributed by atoms with van der Waals surface area (Å²) in [4.78, 5) is 25.5. The summed E-state index contributed by atoms with van der Waals surface area (Å²) in [5.41, 5.74) is 4.82. The van der Waals surface area contributed by atoms with Gasteiger partial charge in [0.25, 0.3) is 0 Å². The minimum atomic E-state index is -0.977. The summed E-state index contributed by atoms with van der Waals surface area (Å²) in [5, 5.41) is 21.3. The van der Waals surface area contributed by atoms with Gasteiger partial charge in [0, 0.05) is 17.6 Å². The van der Waals surface area contributed by atoms with Gasteiger partial charge in [-0.3, -0.25) is 4.79 Å². The molecule has 1 aliphatic heterocycles. The smallest absolute Gasteiger partial charge is 0.335 e. The van der Waals surface area contributed by atoms with E-state index in [0.717, 1.165) is 22.4 Å². The van der Waals surface area contributed by atoms with Crippen LogP contribution in [0.3, 0.4) is 0 Å². The number of allylic oxidation sites excluding steroid dienone is 4. The van der Waals surface area contributed by atoms with E-state index in [1.807, 2.05) is 35.4 Å². The number of benzene rings is 2. The van der Waals surface area contributed by atoms with Crippen LogP contribution >= 0.6 is 0 Å². The second-order valence-electron chi connectivity index (χ2n) is 6.80. The third-order valence-electron chi connectivity index (χ3n) is 4.84. The Hall–Kier alpha value is -4.11. The molecule has 1 heterocycles. The molecule has 0 unspecified atom stereocenters. The van der Waals surface area contributed by atoms with E-state index in [9.17, 15) is 14.7 Å². The van der Waals surface area contributed by atoms with Crippen molar-refractivity contribution in [2.45, 2.75) is 6.42 Å². The summed E-state index contributed by atoms with van der Waals surface area (Å²) in [5.74, 6) is -1.14. The van der Waals surface area contributed by atoms with Crippen molar-refractivity contribution in [3.8, 4) is 6.07 Å². The Bertz CT molecular complexity index is 1150. The average Bonchev–Trinajstić information content (AvgIpc) is 2.91. The summed E-state index contributed by atoms with van der Waals surface area (Å²) < 4.78 is 0. The Morgan fingerprint density at radius 3 is 2.79 bits per heavy atom. The number of nitrogens with zero attached hydrogens (tertiary/aromatic N) is 2. The highest BCUT2D eigenvalue weighted by Crippen LogP contribution is 2.30. The van der Waals surface area contributed by atoms with E-state index in [0.29, 0.717) is 17.7 Å². The Labute approximate surface area is 167 Å². The van der Waals surface area contributed by atoms with Crippen LogP contribution in [0.25, 0.3) is 5.57 Å². The van der Waals surface area contributed by atoms with Gasteiger partial charge in [-0.2, -0.15) is 5.26 Å². The standard InChI is InChI=1S/C23H17N3O3/c24-12-15-3-1-6-20(9-15)26-13-19-8-7-17(11-21(19)25-22(27)14-26)16-4-2-5-18(10-16)23(28)29/h1-7,9-11,13H,8,14H2,(H,25,27)(H,28,29). The third-order valence-corrected chi connectivity index (χ3v) is 4.84. The SMILES string of the molecule is N#Cc1cccc(N2C=C3CC=C(c4cccc(C(=O)O)c4)C=C3NC(=O)C2)c1. The van der Waals surface area contributed by atoms with Crippen molar-refractivity contribution in [3.05, 3.63) is 94.8 Å². The van der Waals surface area contributed by atoms with Crippen LogP contribution in [-0.4, -0.2) is 23.5 Å². The van der Waals surface area contributed by atoms with Crippen molar-refractivity contribution in [1.82, 2.24) is 5.32 Å². The van der Waals surface area contributed by atoms with Crippen LogP contribution in [-0.2, 0) is 4.79 Å². The van der Waals surface area contributed by atoms with Crippen LogP contribution in [0.2, 0.25) is 0 Å². The van der Waals surface area contributed by atoms with Gasteiger partial charge in [0.05, 0.1) is 17.2 Å². The lowest BCUT2D eigenvalue weighted by Gasteiger charge is -2.19. The van der Waals surface area contributed by atoms with E-state index < -0.39 is 5.97 Å². The second kappa shape index (κ2) is 7.49. The molecule has 0 atom stereocenters. The molecular weight excluding hydrogens is 366 g/mol. The number of rotatable bonds is 3. The molecule has 142 valence electrons. The minimum absolute atomic E-state index is 0.138. The monoisotopic (exact) mass is 383 g/mol. The van der Waals surface area contributed by atoms with Crippen molar-refractivity contribution in [1.29, 1.82) is 5.26 Å². The van der Waals surface area contributed by atoms with Crippen molar-refractivity contribution >= 4 is 23.1 Å². The zero-order valence-corrected chi connectivity index (χ0v) is 15.4. The van der Waals surface area contributed by atoms with Gasteiger partial charge < -0.3 is 15.3 Å². The predicted molar refractivity (Wildman–Crippen MR) is 109 cm³/mol. The maximum Gasteiger partial charge on any atom is 0.335 e. The van der Waals surface area contributed by atoms with Crippen LogP contribution in [0.15, 0.2) is 78.2 Å². The molecule has 0 spiro atoms. The van der Waals surface area contributed by atoms with Crippen LogP contribution in [0.4, 0.5) is 5.69 Å². The minimum Gasteiger partial charge on any atom is -0.478 e. The molecule has 0 radical (unpaired) electrons. The molecule has 29 heavy (non-hydrogen) atoms. The number of hydrogen-bond donors (Lipinski definition) is 2. The zero-order chi connectivity index (χ0) is 20.4. The second-order valence-corrected chi connectivity index (χ2v) is 6.80. The number of anilines is 1. The Kier molecular flexibility index (Phi) is 4.71. The highest BCUT2D eigenvalue weighted by molar-refractivity contribution is 5.91. The number of carbonyl (C=O) groups excluding carboxylic acids is 1. The normalized spacial score (nSPS) is 15.8. The van der Waals surface area contributed by atoms with Crippen molar-refractivity contribution < 1.29 is 14.7 Å². The van der Waals surface area contributed by atoms with E-state index in [1.54, 1.807) is 36.4 Å². The van der Waals surface area contributed by atoms with E-state index >= 15 is 0 Å². The third kappa shape index (κ3) is 3.80. The molecule has 0 saturated carbocycles. The lowest BCUT2D eigenvalue weighted by atomic mass is 9.94. The molecule has 0 bridgehead atoms. The maximum atomic E-state index is 12.5. The van der Waals surface area contributed by atoms with Crippen molar-refractivity contribution in [2.24, 2.45) is 0 Å². The first-order valence-electron chi connectivity index (χ1n) is 9.07. The lowest BCUT2D eigenvalue weighted by Crippen LogP contribution is -2.31. The highest BCUT2D eigenvalue weighted by Gasteiger charge is 2.22. The van der Waals surface area contributed by atoms with Gasteiger partial charge >= 0.3 is 5.97 Å². The quantitative estimate of drug-likeness (QED) is 0.847. The molecule has 1 amide bonds. The molecule has 6 heteroatoms. The van der Waals surface area contributed by atoms with Gasteiger partial charge in [-0.15, -0.1) is 0 Å². The van der Waals surface area contributed by atoms with Crippen LogP contribution in [0, 0.1) is 11.3 Å². The number of carboxylic acid groups (broad SMARTS) is 1. The summed E-state index contributed by atoms with van der Waals surface area (Å²) in [6, 6.07) is 16.0. The number of hydrogen-bond acceptors (Lipinski definition) is 4. The lowest BCUT2D eigenvalue weighted by molar-refractivity contribution is -0.118. The number of aromatic carboxylic acids is 1. The Balaban J connectivity index is 1.68. The van der Waals surface area contributed by atoms with Gasteiger partial charge in [0.2, 0.25) is 5.91 Å². The van der Waals surface area contributed by atoms with Gasteiger partial charge in [0.15, 0.2) is 0 Å². The fourth-order valence-corrected chi connectivity index (χ4v) is 3.41. The predicted octanol–water partition coefficient (Wildman–Crippen LogP) is 3.45. The molecule has 6 nitrogen and oxygen atoms in total. The largest absolute Gasteiger partial charge is 0.478 e. The van der Waals surface area contributed by atoms with Gasteiger partial charge in [-0.1, -0.05) is 24.3 Å². The number of carbonyl (C=O) groups is 2. The van der Waals surface area contributed by atoms with E-state index in [-0.39, 0.29) is 18.0 Å². The molecule has 0 aromatic heterocycles. The fourth-order valence-electron chi connectivity index (χ4n) is 3.41. The van der Waals surface area contributed by atoms with E-state index in [1.165, 1.54) is 0 Å². The summed E-state index contributed by atoms with van der Waals surface area (Å²) in [6.07, 6.45) is 6.38. The summed E-state index contributed by atoms with van der Waals surface area (Å²) in [6.45, 7) is 0.138. The fraction of sp³-hybridized carbons (Fsp3) is 0.0870. The number of nitrogens with one attached hydrogen (secondary N) is 1. The zero-order valence-electron chi connectivity index (χ0n) is 15.4. The topological polar surface area (TPSA) is 93.4 Å². The van der Waals surface area contributed by atoms with E-state index in [4.69, 9.17) is 5.26 Å². The average molecular weight is 383 g/mol. The van der Waals surface area contributed by atoms with Crippen LogP contribution in [0.1, 0.15) is 27.9 Å². The first-order valence-corrected chi connectivity index (χ1v) is 9.07. The molecular formula is C23H17N3O3. The molecule has 0 fully saturated rings. The van der Waals surface area contributed by atoms with Gasteiger partial charge in [-0.25, -0.2) is 4.79 Å². The Morgan fingerprint density at radius 2 is 2.00 bits per heavy atom. The number of fused-ring (bicyclic) bond motifs is 1. The van der Waals surface area contributed by atoms with Gasteiger partial charge in [0.1, 0.15) is 6.54 Å². The summed E-state index contributed by atoms with van der Waals surface area (Å²) in [7, 11) is 0. The van der Waals surface area contributed by atoms with Crippen molar-refractivity contribution in [3.63, 3.8) is 0 Å². The number of amides is 1. The number of carboxylic acids is 1. The van der Waals surface area contributed by atoms with Crippen molar-refractivity contribution in [2.75, 3.05) is 11.4 Å². The van der Waals surface area contributed by atoms with Gasteiger partial charge in [-0.05, 0) is 59.5 Å². The highest BCUT2D eigenvalue weighted by atomic mass is 16.4. The summed E-state index contributed by atoms with van der Waals surface area (Å²) >= 11 is 0. The maximum absolute atomic E-state index is 12.5. The van der Waals surface area contributed by atoms with E-state index in [2.05, 4.69) is 11.4 Å². The first-order chi connectivity index (χ1) is 14.0. The molecule has 2 aromatic rings. The first kappa shape index (κ1) is 18.3. The molecule has 0 saturated heterocycles. The Morgan fingerprint density at radius 1 is 1.17 bits per heavy atom. The molecule has 4 rings (SSSR count).